The average Bonchev–Trinajstić information content (AvgIpc) is 1.07. The molecule has 1 aliphatic rings. The fourth-order valence-electron chi connectivity index (χ4n) is 13.2. The Morgan fingerprint density at radius 2 is 0.707 bits per heavy atom. The van der Waals surface area contributed by atoms with Crippen LogP contribution in [0.1, 0.15) is 418 Å². The summed E-state index contributed by atoms with van der Waals surface area (Å²) in [6, 6.07) is -0.805. The predicted molar refractivity (Wildman–Crippen MR) is 389 cm³/mol. The van der Waals surface area contributed by atoms with E-state index in [0.717, 1.165) is 57.8 Å². The van der Waals surface area contributed by atoms with Crippen molar-refractivity contribution in [1.82, 2.24) is 5.32 Å². The third-order valence-corrected chi connectivity index (χ3v) is 19.6. The van der Waals surface area contributed by atoms with E-state index in [4.69, 9.17) is 14.2 Å². The first kappa shape index (κ1) is 88.2. The average molecular weight is 1300 g/mol. The van der Waals surface area contributed by atoms with Gasteiger partial charge >= 0.3 is 5.97 Å². The monoisotopic (exact) mass is 1300 g/mol. The zero-order valence-corrected chi connectivity index (χ0v) is 60.8. The van der Waals surface area contributed by atoms with Gasteiger partial charge in [-0.3, -0.25) is 9.59 Å². The van der Waals surface area contributed by atoms with Crippen molar-refractivity contribution >= 4 is 11.9 Å². The molecule has 0 spiro atoms. The van der Waals surface area contributed by atoms with Crippen LogP contribution < -0.4 is 5.32 Å². The molecule has 1 aliphatic heterocycles. The first-order valence-electron chi connectivity index (χ1n) is 40.6. The Morgan fingerprint density at radius 3 is 1.08 bits per heavy atom. The van der Waals surface area contributed by atoms with Crippen molar-refractivity contribution in [1.29, 1.82) is 0 Å². The molecule has 0 radical (unpaired) electrons. The van der Waals surface area contributed by atoms with Crippen LogP contribution in [0.3, 0.4) is 0 Å². The normalized spacial score (nSPS) is 17.6. The van der Waals surface area contributed by atoms with Crippen LogP contribution in [0, 0.1) is 0 Å². The van der Waals surface area contributed by atoms with Crippen molar-refractivity contribution in [2.75, 3.05) is 19.8 Å². The third-order valence-electron chi connectivity index (χ3n) is 19.6. The van der Waals surface area contributed by atoms with Gasteiger partial charge < -0.3 is 45.1 Å². The fraction of sp³-hybridized carbons (Fsp3) is 0.926. The number of allylic oxidation sites excluding steroid dienone is 3. The highest BCUT2D eigenvalue weighted by molar-refractivity contribution is 5.76. The zero-order chi connectivity index (χ0) is 66.5. The second kappa shape index (κ2) is 70.5. The summed E-state index contributed by atoms with van der Waals surface area (Å²) >= 11 is 0. The zero-order valence-electron chi connectivity index (χ0n) is 60.8. The van der Waals surface area contributed by atoms with Crippen LogP contribution in [0.15, 0.2) is 24.3 Å². The molecular formula is C81H155NO10. The number of hydrogen-bond acceptors (Lipinski definition) is 10. The maximum atomic E-state index is 13.1. The van der Waals surface area contributed by atoms with Crippen molar-refractivity contribution in [2.24, 2.45) is 0 Å². The molecular weight excluding hydrogens is 1150 g/mol. The van der Waals surface area contributed by atoms with Crippen LogP contribution in [-0.4, -0.2) is 100 Å². The maximum absolute atomic E-state index is 13.1. The summed E-state index contributed by atoms with van der Waals surface area (Å²) in [7, 11) is 0. The van der Waals surface area contributed by atoms with Crippen molar-refractivity contribution in [3.63, 3.8) is 0 Å². The van der Waals surface area contributed by atoms with Crippen molar-refractivity contribution in [2.45, 2.75) is 461 Å². The Hall–Kier alpha value is -1.86. The summed E-state index contributed by atoms with van der Waals surface area (Å²) in [6.45, 7) is 4.37. The molecule has 0 saturated carbocycles. The van der Waals surface area contributed by atoms with Gasteiger partial charge in [0.25, 0.3) is 0 Å². The molecule has 0 bridgehead atoms. The lowest BCUT2D eigenvalue weighted by Gasteiger charge is -2.40. The van der Waals surface area contributed by atoms with E-state index in [-0.39, 0.29) is 18.5 Å². The molecule has 1 amide bonds. The molecule has 11 nitrogen and oxygen atoms in total. The van der Waals surface area contributed by atoms with Gasteiger partial charge in [-0.2, -0.15) is 0 Å². The minimum atomic E-state index is -1.57. The minimum absolute atomic E-state index is 0.00789. The summed E-state index contributed by atoms with van der Waals surface area (Å²) in [6.07, 6.45) is 80.7. The Bertz CT molecular complexity index is 1580. The molecule has 0 aliphatic carbocycles. The topological polar surface area (TPSA) is 175 Å². The van der Waals surface area contributed by atoms with Crippen molar-refractivity contribution < 1.29 is 49.3 Å². The van der Waals surface area contributed by atoms with Gasteiger partial charge in [0.15, 0.2) is 6.29 Å². The molecule has 0 aromatic heterocycles. The fourth-order valence-corrected chi connectivity index (χ4v) is 13.2. The van der Waals surface area contributed by atoms with Gasteiger partial charge in [0.1, 0.15) is 24.4 Å². The van der Waals surface area contributed by atoms with E-state index in [9.17, 15) is 35.1 Å². The minimum Gasteiger partial charge on any atom is -0.466 e. The molecule has 1 rings (SSSR count). The first-order valence-corrected chi connectivity index (χ1v) is 40.6. The number of carbonyl (C=O) groups excluding carboxylic acids is 2. The lowest BCUT2D eigenvalue weighted by atomic mass is 9.99. The van der Waals surface area contributed by atoms with Gasteiger partial charge in [0, 0.05) is 12.8 Å². The quantitative estimate of drug-likeness (QED) is 0.0195. The summed E-state index contributed by atoms with van der Waals surface area (Å²) in [5.74, 6) is -0.164. The highest BCUT2D eigenvalue weighted by Crippen LogP contribution is 2.24. The van der Waals surface area contributed by atoms with E-state index in [1.54, 1.807) is 6.08 Å². The molecule has 0 aromatic rings. The predicted octanol–water partition coefficient (Wildman–Crippen LogP) is 21.9. The summed E-state index contributed by atoms with van der Waals surface area (Å²) in [5.41, 5.74) is 0. The lowest BCUT2D eigenvalue weighted by Crippen LogP contribution is -2.60. The summed E-state index contributed by atoms with van der Waals surface area (Å²) < 4.78 is 16.8. The largest absolute Gasteiger partial charge is 0.466 e. The highest BCUT2D eigenvalue weighted by Gasteiger charge is 2.44. The molecule has 7 atom stereocenters. The number of aliphatic hydroxyl groups is 5. The van der Waals surface area contributed by atoms with E-state index in [1.807, 2.05) is 6.08 Å². The number of unbranched alkanes of at least 4 members (excludes halogenated alkanes) is 57. The van der Waals surface area contributed by atoms with Gasteiger partial charge in [0.05, 0.1) is 32.0 Å². The van der Waals surface area contributed by atoms with Crippen molar-refractivity contribution in [3.05, 3.63) is 24.3 Å². The number of carbonyl (C=O) groups is 2. The number of esters is 1. The molecule has 92 heavy (non-hydrogen) atoms. The van der Waals surface area contributed by atoms with Crippen molar-refractivity contribution in [3.8, 4) is 0 Å². The van der Waals surface area contributed by atoms with Crippen LogP contribution >= 0.6 is 0 Å². The maximum Gasteiger partial charge on any atom is 0.305 e. The van der Waals surface area contributed by atoms with Gasteiger partial charge in [-0.25, -0.2) is 0 Å². The van der Waals surface area contributed by atoms with E-state index in [2.05, 4.69) is 31.3 Å². The number of nitrogens with one attached hydrogen (secondary N) is 1. The lowest BCUT2D eigenvalue weighted by molar-refractivity contribution is -0.302. The van der Waals surface area contributed by atoms with Gasteiger partial charge in [-0.1, -0.05) is 378 Å². The van der Waals surface area contributed by atoms with Crippen LogP contribution in [0.25, 0.3) is 0 Å². The Labute approximate surface area is 569 Å². The van der Waals surface area contributed by atoms with E-state index in [0.29, 0.717) is 19.4 Å². The smallest absolute Gasteiger partial charge is 0.305 e. The molecule has 1 fully saturated rings. The molecule has 6 N–H and O–H groups in total. The number of hydrogen-bond donors (Lipinski definition) is 6. The van der Waals surface area contributed by atoms with Crippen LogP contribution in [-0.2, 0) is 23.8 Å². The van der Waals surface area contributed by atoms with Crippen LogP contribution in [0.4, 0.5) is 0 Å². The molecule has 0 aromatic carbocycles. The molecule has 1 saturated heterocycles. The van der Waals surface area contributed by atoms with Crippen LogP contribution in [0.5, 0.6) is 0 Å². The number of ether oxygens (including phenoxy) is 3. The molecule has 1 heterocycles. The van der Waals surface area contributed by atoms with E-state index < -0.39 is 49.5 Å². The van der Waals surface area contributed by atoms with Gasteiger partial charge in [-0.15, -0.1) is 0 Å². The Balaban J connectivity index is 1.89. The summed E-state index contributed by atoms with van der Waals surface area (Å²) in [4.78, 5) is 25.1. The summed E-state index contributed by atoms with van der Waals surface area (Å²) in [5, 5.41) is 54.6. The Morgan fingerprint density at radius 1 is 0.391 bits per heavy atom. The molecule has 7 unspecified atom stereocenters. The third kappa shape index (κ3) is 58.3. The van der Waals surface area contributed by atoms with Gasteiger partial charge in [-0.05, 0) is 51.4 Å². The standard InChI is InChI=1S/C81H155NO10/c1-3-5-7-9-11-13-15-16-44-48-51-55-59-63-67-74(84)73(72-91-81-80(89)79(88)78(87)75(71-83)92-81)82-76(85)68-64-60-56-52-49-45-42-40-38-36-34-32-30-28-26-24-22-20-18-17-19-21-23-25-27-29-31-33-35-37-39-41-43-46-50-54-58-62-66-70-90-77(86)69-65-61-57-53-47-14-12-10-8-6-4-2/h10,12,63,67,73-75,78-81,83-84,87-89H,3-9,11,13-62,64-66,68-72H2,1-2H3,(H,82,85)/b12-10-,67-63+. The second-order valence-electron chi connectivity index (χ2n) is 28.5. The highest BCUT2D eigenvalue weighted by atomic mass is 16.7. The molecule has 11 heteroatoms. The van der Waals surface area contributed by atoms with Crippen LogP contribution in [0.2, 0.25) is 0 Å². The van der Waals surface area contributed by atoms with Gasteiger partial charge in [0.2, 0.25) is 5.91 Å². The van der Waals surface area contributed by atoms with E-state index in [1.165, 1.54) is 334 Å². The second-order valence-corrected chi connectivity index (χ2v) is 28.5. The number of rotatable bonds is 73. The Kier molecular flexibility index (Phi) is 67.5. The number of amides is 1. The SMILES string of the molecule is CCCC/C=C\CCCCCCCC(=O)OCCCCCCCCCCCCCCCCCCCCCCCCCCCCCCCCCCCCCCCCCC(=O)NC(COC1OC(CO)C(O)C(O)C1O)C(O)/C=C/CCCCCCCCCCCCCC. The first-order chi connectivity index (χ1) is 45.2. The van der Waals surface area contributed by atoms with E-state index >= 15 is 0 Å². The number of aliphatic hydroxyl groups excluding tert-OH is 5. The molecule has 544 valence electrons.